The fourth-order valence-corrected chi connectivity index (χ4v) is 4.66. The fraction of sp³-hybridized carbons (Fsp3) is 0.450. The first kappa shape index (κ1) is 16.4. The summed E-state index contributed by atoms with van der Waals surface area (Å²) in [6, 6.07) is 7.74. The largest absolute Gasteiger partial charge is 0.497 e. The van der Waals surface area contributed by atoms with Crippen LogP contribution in [0.2, 0.25) is 0 Å². The molecule has 1 aromatic rings. The Bertz CT molecular complexity index is 741. The zero-order valence-corrected chi connectivity index (χ0v) is 14.4. The van der Waals surface area contributed by atoms with E-state index in [1.807, 2.05) is 30.3 Å². The predicted molar refractivity (Wildman–Crippen MR) is 91.0 cm³/mol. The Kier molecular flexibility index (Phi) is 3.74. The summed E-state index contributed by atoms with van der Waals surface area (Å²) >= 11 is 0. The minimum Gasteiger partial charge on any atom is -0.497 e. The summed E-state index contributed by atoms with van der Waals surface area (Å²) in [6.45, 7) is 4.46. The lowest BCUT2D eigenvalue weighted by molar-refractivity contribution is -0.201. The first-order valence-electron chi connectivity index (χ1n) is 8.44. The molecule has 0 radical (unpaired) electrons. The van der Waals surface area contributed by atoms with E-state index >= 15 is 0 Å². The van der Waals surface area contributed by atoms with Crippen molar-refractivity contribution in [3.05, 3.63) is 54.6 Å². The molecule has 0 spiro atoms. The molecule has 2 aliphatic heterocycles. The standard InChI is InChI=1S/C20H22O5/c1-4-19-16(23-3)9-8-14-12-24-20(17(14)19,25-18(19)21)11-13-6-5-7-15(10-13)22-2/h4-10,14,16-17H,1,11-12H2,2-3H3/t14-,16-,17+,19-,20-/m0/s1. The third kappa shape index (κ3) is 2.12. The highest BCUT2D eigenvalue weighted by molar-refractivity contribution is 5.84. The summed E-state index contributed by atoms with van der Waals surface area (Å²) in [5.74, 6) is -0.617. The molecule has 25 heavy (non-hydrogen) atoms. The molecule has 5 nitrogen and oxygen atoms in total. The van der Waals surface area contributed by atoms with E-state index < -0.39 is 17.3 Å². The van der Waals surface area contributed by atoms with Crippen LogP contribution in [0.15, 0.2) is 49.1 Å². The van der Waals surface area contributed by atoms with Gasteiger partial charge in [-0.25, -0.2) is 0 Å². The van der Waals surface area contributed by atoms with Crippen LogP contribution in [0.5, 0.6) is 5.75 Å². The number of hydrogen-bond donors (Lipinski definition) is 0. The van der Waals surface area contributed by atoms with E-state index in [9.17, 15) is 4.79 Å². The number of hydrogen-bond acceptors (Lipinski definition) is 5. The predicted octanol–water partition coefficient (Wildman–Crippen LogP) is 2.51. The summed E-state index contributed by atoms with van der Waals surface area (Å²) in [5, 5.41) is 0. The monoisotopic (exact) mass is 342 g/mol. The van der Waals surface area contributed by atoms with Gasteiger partial charge < -0.3 is 18.9 Å². The van der Waals surface area contributed by atoms with Gasteiger partial charge in [0, 0.05) is 19.4 Å². The van der Waals surface area contributed by atoms with Crippen LogP contribution in [0, 0.1) is 17.3 Å². The maximum absolute atomic E-state index is 12.9. The van der Waals surface area contributed by atoms with Crippen LogP contribution < -0.4 is 4.74 Å². The van der Waals surface area contributed by atoms with Gasteiger partial charge in [0.25, 0.3) is 0 Å². The van der Waals surface area contributed by atoms with Gasteiger partial charge in [-0.3, -0.25) is 4.79 Å². The van der Waals surface area contributed by atoms with Crippen LogP contribution in [0.1, 0.15) is 5.56 Å². The molecule has 0 N–H and O–H groups in total. The second kappa shape index (κ2) is 5.71. The molecule has 1 aliphatic carbocycles. The quantitative estimate of drug-likeness (QED) is 0.608. The normalized spacial score (nSPS) is 38.3. The van der Waals surface area contributed by atoms with E-state index in [0.717, 1.165) is 11.3 Å². The van der Waals surface area contributed by atoms with E-state index in [4.69, 9.17) is 18.9 Å². The summed E-state index contributed by atoms with van der Waals surface area (Å²) < 4.78 is 22.9. The van der Waals surface area contributed by atoms with Crippen molar-refractivity contribution in [2.75, 3.05) is 20.8 Å². The van der Waals surface area contributed by atoms with Gasteiger partial charge in [0.1, 0.15) is 11.2 Å². The molecule has 0 aromatic heterocycles. The van der Waals surface area contributed by atoms with E-state index in [0.29, 0.717) is 13.0 Å². The number of carbonyl (C=O) groups is 1. The van der Waals surface area contributed by atoms with Gasteiger partial charge in [0.2, 0.25) is 5.79 Å². The van der Waals surface area contributed by atoms with Crippen LogP contribution >= 0.6 is 0 Å². The Labute approximate surface area is 147 Å². The number of carbonyl (C=O) groups excluding carboxylic acids is 1. The van der Waals surface area contributed by atoms with Crippen LogP contribution in [0.3, 0.4) is 0 Å². The molecule has 5 atom stereocenters. The second-order valence-corrected chi connectivity index (χ2v) is 6.86. The van der Waals surface area contributed by atoms with E-state index in [-0.39, 0.29) is 17.8 Å². The van der Waals surface area contributed by atoms with Crippen LogP contribution in [-0.4, -0.2) is 38.7 Å². The zero-order valence-electron chi connectivity index (χ0n) is 14.4. The first-order valence-corrected chi connectivity index (χ1v) is 8.44. The molecule has 3 aliphatic rings. The van der Waals surface area contributed by atoms with Crippen molar-refractivity contribution in [3.8, 4) is 5.75 Å². The zero-order chi connectivity index (χ0) is 17.7. The van der Waals surface area contributed by atoms with Crippen molar-refractivity contribution >= 4 is 5.97 Å². The molecule has 0 unspecified atom stereocenters. The summed E-state index contributed by atoms with van der Waals surface area (Å²) in [6.07, 6.45) is 5.77. The fourth-order valence-electron chi connectivity index (χ4n) is 4.66. The molecular weight excluding hydrogens is 320 g/mol. The van der Waals surface area contributed by atoms with E-state index in [2.05, 4.69) is 12.7 Å². The van der Waals surface area contributed by atoms with Gasteiger partial charge >= 0.3 is 5.97 Å². The van der Waals surface area contributed by atoms with Crippen LogP contribution in [0.25, 0.3) is 0 Å². The third-order valence-corrected chi connectivity index (χ3v) is 5.74. The molecule has 0 saturated carbocycles. The SMILES string of the molecule is C=C[C@]12C(=O)O[C@]3(Cc4cccc(OC)c4)OC[C@H](C=C[C@@H]1OC)[C@@H]32. The minimum atomic E-state index is -0.996. The number of methoxy groups -OCH3 is 2. The van der Waals surface area contributed by atoms with Crippen LogP contribution in [0.4, 0.5) is 0 Å². The van der Waals surface area contributed by atoms with Crippen molar-refractivity contribution in [2.45, 2.75) is 18.3 Å². The molecule has 2 saturated heterocycles. The average Bonchev–Trinajstić information content (AvgIpc) is 3.11. The molecule has 2 fully saturated rings. The van der Waals surface area contributed by atoms with Crippen molar-refractivity contribution in [1.29, 1.82) is 0 Å². The Morgan fingerprint density at radius 3 is 2.92 bits per heavy atom. The molecular formula is C20H22O5. The van der Waals surface area contributed by atoms with E-state index in [1.54, 1.807) is 20.3 Å². The van der Waals surface area contributed by atoms with Gasteiger partial charge in [0.05, 0.1) is 25.7 Å². The van der Waals surface area contributed by atoms with Gasteiger partial charge in [0.15, 0.2) is 0 Å². The third-order valence-electron chi connectivity index (χ3n) is 5.74. The van der Waals surface area contributed by atoms with Crippen molar-refractivity contribution < 1.29 is 23.7 Å². The Balaban J connectivity index is 1.77. The number of ether oxygens (including phenoxy) is 4. The van der Waals surface area contributed by atoms with Gasteiger partial charge in [-0.15, -0.1) is 6.58 Å². The summed E-state index contributed by atoms with van der Waals surface area (Å²) in [4.78, 5) is 12.9. The Morgan fingerprint density at radius 2 is 2.20 bits per heavy atom. The molecule has 1 aromatic carbocycles. The minimum absolute atomic E-state index is 0.0986. The van der Waals surface area contributed by atoms with Crippen molar-refractivity contribution in [2.24, 2.45) is 17.3 Å². The van der Waals surface area contributed by atoms with Crippen molar-refractivity contribution in [1.82, 2.24) is 0 Å². The number of benzene rings is 1. The average molecular weight is 342 g/mol. The topological polar surface area (TPSA) is 54.0 Å². The molecule has 2 heterocycles. The smallest absolute Gasteiger partial charge is 0.322 e. The Hall–Kier alpha value is -2.11. The molecule has 0 amide bonds. The highest BCUT2D eigenvalue weighted by Crippen LogP contribution is 2.60. The van der Waals surface area contributed by atoms with Gasteiger partial charge in [-0.2, -0.15) is 0 Å². The van der Waals surface area contributed by atoms with Gasteiger partial charge in [-0.05, 0) is 17.7 Å². The maximum Gasteiger partial charge on any atom is 0.322 e. The lowest BCUT2D eigenvalue weighted by Crippen LogP contribution is -2.50. The maximum atomic E-state index is 12.9. The molecule has 5 heteroatoms. The van der Waals surface area contributed by atoms with Gasteiger partial charge in [-0.1, -0.05) is 30.4 Å². The molecule has 4 rings (SSSR count). The highest BCUT2D eigenvalue weighted by Gasteiger charge is 2.72. The molecule has 132 valence electrons. The number of esters is 1. The van der Waals surface area contributed by atoms with Crippen LogP contribution in [-0.2, 0) is 25.4 Å². The number of rotatable bonds is 5. The lowest BCUT2D eigenvalue weighted by Gasteiger charge is -2.39. The van der Waals surface area contributed by atoms with Crippen molar-refractivity contribution in [3.63, 3.8) is 0 Å². The summed E-state index contributed by atoms with van der Waals surface area (Å²) in [7, 11) is 3.23. The first-order chi connectivity index (χ1) is 12.1. The summed E-state index contributed by atoms with van der Waals surface area (Å²) in [5.41, 5.74) is 0.0833. The molecule has 0 bridgehead atoms. The van der Waals surface area contributed by atoms with E-state index in [1.165, 1.54) is 0 Å². The Morgan fingerprint density at radius 1 is 1.36 bits per heavy atom. The lowest BCUT2D eigenvalue weighted by atomic mass is 9.62. The highest BCUT2D eigenvalue weighted by atomic mass is 16.7. The second-order valence-electron chi connectivity index (χ2n) is 6.86.